The average molecular weight is 328 g/mol. The van der Waals surface area contributed by atoms with E-state index >= 15 is 0 Å². The number of rotatable bonds is 5. The van der Waals surface area contributed by atoms with Gasteiger partial charge in [-0.25, -0.2) is 8.42 Å². The van der Waals surface area contributed by atoms with Crippen LogP contribution in [-0.4, -0.2) is 29.7 Å². The third kappa shape index (κ3) is 3.95. The summed E-state index contributed by atoms with van der Waals surface area (Å²) in [5, 5.41) is 4.08. The molecule has 4 nitrogen and oxygen atoms in total. The molecule has 0 atom stereocenters. The van der Waals surface area contributed by atoms with Crippen molar-refractivity contribution in [2.75, 3.05) is 11.5 Å². The third-order valence-corrected chi connectivity index (χ3v) is 4.23. The Labute approximate surface area is 97.8 Å². The molecule has 80 valence electrons. The summed E-state index contributed by atoms with van der Waals surface area (Å²) in [6, 6.07) is 0. The van der Waals surface area contributed by atoms with E-state index in [4.69, 9.17) is 0 Å². The summed E-state index contributed by atoms with van der Waals surface area (Å²) in [5.41, 5.74) is 0. The van der Waals surface area contributed by atoms with Crippen molar-refractivity contribution in [1.82, 2.24) is 9.78 Å². The van der Waals surface area contributed by atoms with Crippen molar-refractivity contribution in [2.45, 2.75) is 19.9 Å². The summed E-state index contributed by atoms with van der Waals surface area (Å²) in [6.45, 7) is 2.34. The molecule has 1 aromatic heterocycles. The van der Waals surface area contributed by atoms with Crippen molar-refractivity contribution in [3.8, 4) is 0 Å². The van der Waals surface area contributed by atoms with E-state index in [1.807, 2.05) is 6.20 Å². The fraction of sp³-hybridized carbons (Fsp3) is 0.625. The highest BCUT2D eigenvalue weighted by Crippen LogP contribution is 2.02. The van der Waals surface area contributed by atoms with Gasteiger partial charge in [-0.05, 0) is 29.0 Å². The average Bonchev–Trinajstić information content (AvgIpc) is 2.51. The molecule has 0 aliphatic heterocycles. The van der Waals surface area contributed by atoms with E-state index in [-0.39, 0.29) is 11.5 Å². The van der Waals surface area contributed by atoms with E-state index in [1.165, 1.54) is 0 Å². The first-order valence-corrected chi connectivity index (χ1v) is 7.32. The zero-order valence-corrected chi connectivity index (χ0v) is 11.0. The van der Waals surface area contributed by atoms with Crippen molar-refractivity contribution in [3.05, 3.63) is 16.0 Å². The van der Waals surface area contributed by atoms with E-state index in [9.17, 15) is 8.42 Å². The molecule has 0 fully saturated rings. The lowest BCUT2D eigenvalue weighted by molar-refractivity contribution is 0.573. The second-order valence-corrected chi connectivity index (χ2v) is 6.73. The Balaban J connectivity index is 2.36. The number of sulfone groups is 1. The third-order valence-electron chi connectivity index (χ3n) is 1.88. The van der Waals surface area contributed by atoms with Gasteiger partial charge < -0.3 is 0 Å². The van der Waals surface area contributed by atoms with Gasteiger partial charge in [0.05, 0.1) is 15.5 Å². The maximum atomic E-state index is 11.2. The summed E-state index contributed by atoms with van der Waals surface area (Å²) in [4.78, 5) is 0. The summed E-state index contributed by atoms with van der Waals surface area (Å²) < 4.78 is 25.2. The van der Waals surface area contributed by atoms with Crippen LogP contribution in [0.25, 0.3) is 0 Å². The molecule has 0 saturated carbocycles. The minimum Gasteiger partial charge on any atom is -0.272 e. The Morgan fingerprint density at radius 3 is 2.79 bits per heavy atom. The molecule has 0 aliphatic carbocycles. The molecule has 0 unspecified atom stereocenters. The topological polar surface area (TPSA) is 52.0 Å². The molecule has 0 radical (unpaired) electrons. The van der Waals surface area contributed by atoms with E-state index in [2.05, 4.69) is 27.7 Å². The van der Waals surface area contributed by atoms with Gasteiger partial charge in [0.25, 0.3) is 0 Å². The van der Waals surface area contributed by atoms with Crippen molar-refractivity contribution >= 4 is 32.4 Å². The van der Waals surface area contributed by atoms with Gasteiger partial charge in [-0.15, -0.1) is 0 Å². The minimum absolute atomic E-state index is 0.226. The molecule has 0 aromatic carbocycles. The predicted octanol–water partition coefficient (Wildman–Crippen LogP) is 1.31. The molecule has 0 N–H and O–H groups in total. The first kappa shape index (κ1) is 12.0. The summed E-state index contributed by atoms with van der Waals surface area (Å²) >= 11 is 2.17. The van der Waals surface area contributed by atoms with Gasteiger partial charge >= 0.3 is 0 Å². The number of aromatic nitrogens is 2. The number of hydrogen-bond acceptors (Lipinski definition) is 3. The van der Waals surface area contributed by atoms with Crippen LogP contribution in [0.1, 0.15) is 13.3 Å². The molecule has 0 spiro atoms. The Morgan fingerprint density at radius 1 is 1.57 bits per heavy atom. The highest BCUT2D eigenvalue weighted by molar-refractivity contribution is 14.1. The van der Waals surface area contributed by atoms with E-state index in [0.29, 0.717) is 13.0 Å². The van der Waals surface area contributed by atoms with Crippen molar-refractivity contribution in [3.63, 3.8) is 0 Å². The van der Waals surface area contributed by atoms with Crippen molar-refractivity contribution < 1.29 is 8.42 Å². The van der Waals surface area contributed by atoms with Crippen LogP contribution in [0.3, 0.4) is 0 Å². The van der Waals surface area contributed by atoms with Crippen LogP contribution in [0.15, 0.2) is 12.4 Å². The lowest BCUT2D eigenvalue weighted by Gasteiger charge is -2.01. The fourth-order valence-electron chi connectivity index (χ4n) is 1.05. The zero-order chi connectivity index (χ0) is 10.6. The molecule has 1 rings (SSSR count). The molecule has 0 bridgehead atoms. The fourth-order valence-corrected chi connectivity index (χ4v) is 2.36. The normalized spacial score (nSPS) is 11.9. The summed E-state index contributed by atoms with van der Waals surface area (Å²) in [6.07, 6.45) is 4.29. The number of hydrogen-bond donors (Lipinski definition) is 0. The summed E-state index contributed by atoms with van der Waals surface area (Å²) in [7, 11) is -2.83. The van der Waals surface area contributed by atoms with Crippen molar-refractivity contribution in [1.29, 1.82) is 0 Å². The number of aryl methyl sites for hydroxylation is 1. The van der Waals surface area contributed by atoms with Gasteiger partial charge in [0, 0.05) is 18.5 Å². The van der Waals surface area contributed by atoms with Crippen LogP contribution in [-0.2, 0) is 16.4 Å². The van der Waals surface area contributed by atoms with Gasteiger partial charge in [0.15, 0.2) is 0 Å². The Morgan fingerprint density at radius 2 is 2.29 bits per heavy atom. The Kier molecular flexibility index (Phi) is 4.36. The van der Waals surface area contributed by atoms with Crippen molar-refractivity contribution in [2.24, 2.45) is 0 Å². The lowest BCUT2D eigenvalue weighted by atomic mass is 10.5. The second kappa shape index (κ2) is 5.11. The molecule has 0 saturated heterocycles. The molecule has 1 heterocycles. The van der Waals surface area contributed by atoms with Crippen LogP contribution in [0.4, 0.5) is 0 Å². The largest absolute Gasteiger partial charge is 0.272 e. The standard InChI is InChI=1S/C8H13IN2O2S/c1-2-14(12,13)5-3-4-11-7-8(9)6-10-11/h6-7H,2-5H2,1H3. The van der Waals surface area contributed by atoms with E-state index in [0.717, 1.165) is 3.57 Å². The lowest BCUT2D eigenvalue weighted by Crippen LogP contribution is -2.11. The van der Waals surface area contributed by atoms with E-state index in [1.54, 1.807) is 17.8 Å². The maximum absolute atomic E-state index is 11.2. The molecule has 1 aromatic rings. The van der Waals surface area contributed by atoms with Crippen LogP contribution in [0.5, 0.6) is 0 Å². The highest BCUT2D eigenvalue weighted by Gasteiger charge is 2.06. The quantitative estimate of drug-likeness (QED) is 0.766. The second-order valence-electron chi connectivity index (χ2n) is 3.01. The molecule has 6 heteroatoms. The SMILES string of the molecule is CCS(=O)(=O)CCCn1cc(I)cn1. The monoisotopic (exact) mass is 328 g/mol. The van der Waals surface area contributed by atoms with Gasteiger partial charge in [-0.2, -0.15) is 5.10 Å². The van der Waals surface area contributed by atoms with Crippen LogP contribution in [0, 0.1) is 3.57 Å². The first-order chi connectivity index (χ1) is 6.53. The summed E-state index contributed by atoms with van der Waals surface area (Å²) in [5.74, 6) is 0.476. The van der Waals surface area contributed by atoms with Crippen LogP contribution in [0.2, 0.25) is 0 Å². The molecule has 0 aliphatic rings. The maximum Gasteiger partial charge on any atom is 0.150 e. The first-order valence-electron chi connectivity index (χ1n) is 4.42. The van der Waals surface area contributed by atoms with Crippen LogP contribution >= 0.6 is 22.6 Å². The van der Waals surface area contributed by atoms with Gasteiger partial charge in [0.1, 0.15) is 9.84 Å². The molecular weight excluding hydrogens is 315 g/mol. The number of halogens is 1. The number of nitrogens with zero attached hydrogens (tertiary/aromatic N) is 2. The van der Waals surface area contributed by atoms with Gasteiger partial charge in [0.2, 0.25) is 0 Å². The van der Waals surface area contributed by atoms with E-state index < -0.39 is 9.84 Å². The molecule has 14 heavy (non-hydrogen) atoms. The Bertz CT molecular complexity index is 386. The smallest absolute Gasteiger partial charge is 0.150 e. The van der Waals surface area contributed by atoms with Gasteiger partial charge in [-0.1, -0.05) is 6.92 Å². The van der Waals surface area contributed by atoms with Gasteiger partial charge in [-0.3, -0.25) is 4.68 Å². The highest BCUT2D eigenvalue weighted by atomic mass is 127. The molecular formula is C8H13IN2O2S. The van der Waals surface area contributed by atoms with Crippen LogP contribution < -0.4 is 0 Å². The predicted molar refractivity (Wildman–Crippen MR) is 63.9 cm³/mol. The zero-order valence-electron chi connectivity index (χ0n) is 7.98. The molecule has 0 amide bonds. The Hall–Kier alpha value is -0.110. The minimum atomic E-state index is -2.83.